The molecule has 3 nitrogen and oxygen atoms in total. The van der Waals surface area contributed by atoms with Crippen LogP contribution < -0.4 is 5.73 Å². The Morgan fingerprint density at radius 2 is 2.07 bits per heavy atom. The van der Waals surface area contributed by atoms with Gasteiger partial charge in [-0.2, -0.15) is 0 Å². The molecule has 2 fully saturated rings. The Morgan fingerprint density at radius 3 is 2.71 bits per heavy atom. The lowest BCUT2D eigenvalue weighted by atomic mass is 9.58. The summed E-state index contributed by atoms with van der Waals surface area (Å²) in [5.41, 5.74) is 4.44. The minimum absolute atomic E-state index is 0.122. The first kappa shape index (κ1) is 10.4. The Balaban J connectivity index is 2.24. The van der Waals surface area contributed by atoms with Gasteiger partial charge in [0, 0.05) is 6.54 Å². The highest BCUT2D eigenvalue weighted by Crippen LogP contribution is 2.49. The molecule has 0 amide bonds. The highest BCUT2D eigenvalue weighted by atomic mass is 16.3. The predicted molar refractivity (Wildman–Crippen MR) is 54.7 cm³/mol. The topological polar surface area (TPSA) is 66.5 Å². The maximum absolute atomic E-state index is 10.4. The Bertz CT molecular complexity index is 229. The molecule has 0 aliphatic heterocycles. The standard InChI is InChI=1S/C11H21NO2/c1-8-5-10(13)4-2-3-9(6-10)11(8,14)7-12/h8-9,13-14H,2-7,12H2,1H3. The number of aliphatic hydroxyl groups is 2. The van der Waals surface area contributed by atoms with Gasteiger partial charge in [-0.3, -0.25) is 0 Å². The van der Waals surface area contributed by atoms with E-state index in [4.69, 9.17) is 5.73 Å². The van der Waals surface area contributed by atoms with Crippen molar-refractivity contribution in [2.24, 2.45) is 17.6 Å². The molecule has 4 unspecified atom stereocenters. The van der Waals surface area contributed by atoms with E-state index in [0.717, 1.165) is 25.7 Å². The summed E-state index contributed by atoms with van der Waals surface area (Å²) in [6.45, 7) is 2.34. The molecular formula is C11H21NO2. The molecule has 2 saturated carbocycles. The molecule has 0 aromatic carbocycles. The molecule has 4 atom stereocenters. The average Bonchev–Trinajstić information content (AvgIpc) is 2.14. The Morgan fingerprint density at radius 1 is 1.36 bits per heavy atom. The monoisotopic (exact) mass is 199 g/mol. The third kappa shape index (κ3) is 1.38. The van der Waals surface area contributed by atoms with E-state index in [2.05, 4.69) is 0 Å². The molecule has 4 N–H and O–H groups in total. The van der Waals surface area contributed by atoms with Crippen LogP contribution in [0.15, 0.2) is 0 Å². The van der Waals surface area contributed by atoms with Crippen molar-refractivity contribution in [2.75, 3.05) is 6.54 Å². The van der Waals surface area contributed by atoms with Gasteiger partial charge < -0.3 is 15.9 Å². The molecule has 0 aromatic rings. The zero-order chi connectivity index (χ0) is 10.4. The van der Waals surface area contributed by atoms with Gasteiger partial charge in [0.15, 0.2) is 0 Å². The minimum Gasteiger partial charge on any atom is -0.390 e. The van der Waals surface area contributed by atoms with Crippen LogP contribution in [0.4, 0.5) is 0 Å². The molecule has 2 rings (SSSR count). The second-order valence-corrected chi connectivity index (χ2v) is 5.32. The lowest BCUT2D eigenvalue weighted by Crippen LogP contribution is -2.60. The van der Waals surface area contributed by atoms with Gasteiger partial charge in [-0.15, -0.1) is 0 Å². The normalized spacial score (nSPS) is 53.1. The third-order valence-corrected chi connectivity index (χ3v) is 4.39. The first-order chi connectivity index (χ1) is 6.50. The van der Waals surface area contributed by atoms with Crippen molar-refractivity contribution in [3.63, 3.8) is 0 Å². The highest BCUT2D eigenvalue weighted by molar-refractivity contribution is 5.05. The lowest BCUT2D eigenvalue weighted by Gasteiger charge is -2.53. The van der Waals surface area contributed by atoms with Gasteiger partial charge in [0.25, 0.3) is 0 Å². The van der Waals surface area contributed by atoms with Gasteiger partial charge >= 0.3 is 0 Å². The summed E-state index contributed by atoms with van der Waals surface area (Å²) in [4.78, 5) is 0. The van der Waals surface area contributed by atoms with Crippen LogP contribution >= 0.6 is 0 Å². The fourth-order valence-corrected chi connectivity index (χ4v) is 3.47. The van der Waals surface area contributed by atoms with E-state index in [-0.39, 0.29) is 11.8 Å². The van der Waals surface area contributed by atoms with Crippen molar-refractivity contribution >= 4 is 0 Å². The van der Waals surface area contributed by atoms with Gasteiger partial charge in [-0.05, 0) is 37.5 Å². The smallest absolute Gasteiger partial charge is 0.0824 e. The van der Waals surface area contributed by atoms with Crippen molar-refractivity contribution in [3.8, 4) is 0 Å². The molecule has 82 valence electrons. The number of hydrogen-bond donors (Lipinski definition) is 3. The molecule has 0 spiro atoms. The summed E-state index contributed by atoms with van der Waals surface area (Å²) in [5, 5.41) is 20.7. The van der Waals surface area contributed by atoms with Gasteiger partial charge in [0.2, 0.25) is 0 Å². The first-order valence-corrected chi connectivity index (χ1v) is 5.65. The first-order valence-electron chi connectivity index (χ1n) is 5.65. The predicted octanol–water partition coefficient (Wildman–Crippen LogP) is 0.637. The summed E-state index contributed by atoms with van der Waals surface area (Å²) in [5.74, 6) is 0.326. The third-order valence-electron chi connectivity index (χ3n) is 4.39. The van der Waals surface area contributed by atoms with Gasteiger partial charge in [0.05, 0.1) is 11.2 Å². The van der Waals surface area contributed by atoms with Crippen LogP contribution in [-0.2, 0) is 0 Å². The molecule has 0 aromatic heterocycles. The Labute approximate surface area is 85.3 Å². The summed E-state index contributed by atoms with van der Waals surface area (Å²) in [6.07, 6.45) is 4.38. The number of hydrogen-bond acceptors (Lipinski definition) is 3. The van der Waals surface area contributed by atoms with Gasteiger partial charge in [-0.1, -0.05) is 13.3 Å². The molecule has 3 heteroatoms. The van der Waals surface area contributed by atoms with E-state index < -0.39 is 11.2 Å². The Hall–Kier alpha value is -0.120. The van der Waals surface area contributed by atoms with Crippen molar-refractivity contribution in [1.82, 2.24) is 0 Å². The molecular weight excluding hydrogens is 178 g/mol. The quantitative estimate of drug-likeness (QED) is 0.580. The van der Waals surface area contributed by atoms with E-state index >= 15 is 0 Å². The maximum Gasteiger partial charge on any atom is 0.0824 e. The second kappa shape index (κ2) is 3.19. The van der Waals surface area contributed by atoms with Gasteiger partial charge in [0.1, 0.15) is 0 Å². The van der Waals surface area contributed by atoms with Gasteiger partial charge in [-0.25, -0.2) is 0 Å². The van der Waals surface area contributed by atoms with Crippen LogP contribution in [0.25, 0.3) is 0 Å². The van der Waals surface area contributed by atoms with Crippen LogP contribution in [0.1, 0.15) is 39.0 Å². The number of rotatable bonds is 1. The van der Waals surface area contributed by atoms with Crippen LogP contribution in [-0.4, -0.2) is 28.0 Å². The van der Waals surface area contributed by atoms with E-state index in [1.165, 1.54) is 0 Å². The molecule has 0 heterocycles. The molecule has 14 heavy (non-hydrogen) atoms. The lowest BCUT2D eigenvalue weighted by molar-refractivity contribution is -0.169. The van der Waals surface area contributed by atoms with Crippen LogP contribution in [0.3, 0.4) is 0 Å². The van der Waals surface area contributed by atoms with Crippen LogP contribution in [0.5, 0.6) is 0 Å². The van der Waals surface area contributed by atoms with Crippen LogP contribution in [0.2, 0.25) is 0 Å². The fourth-order valence-electron chi connectivity index (χ4n) is 3.47. The molecule has 2 aliphatic rings. The zero-order valence-electron chi connectivity index (χ0n) is 8.87. The van der Waals surface area contributed by atoms with E-state index in [1.54, 1.807) is 0 Å². The number of fused-ring (bicyclic) bond motifs is 2. The van der Waals surface area contributed by atoms with Crippen molar-refractivity contribution in [2.45, 2.75) is 50.2 Å². The molecule has 2 bridgehead atoms. The van der Waals surface area contributed by atoms with Crippen molar-refractivity contribution in [1.29, 1.82) is 0 Å². The van der Waals surface area contributed by atoms with E-state index in [0.29, 0.717) is 13.0 Å². The van der Waals surface area contributed by atoms with Crippen LogP contribution in [0, 0.1) is 11.8 Å². The molecule has 2 aliphatic carbocycles. The van der Waals surface area contributed by atoms with Crippen molar-refractivity contribution in [3.05, 3.63) is 0 Å². The highest BCUT2D eigenvalue weighted by Gasteiger charge is 2.52. The summed E-state index contributed by atoms with van der Waals surface area (Å²) in [6, 6.07) is 0. The minimum atomic E-state index is -0.730. The summed E-state index contributed by atoms with van der Waals surface area (Å²) >= 11 is 0. The second-order valence-electron chi connectivity index (χ2n) is 5.32. The largest absolute Gasteiger partial charge is 0.390 e. The van der Waals surface area contributed by atoms with E-state index in [9.17, 15) is 10.2 Å². The number of nitrogens with two attached hydrogens (primary N) is 1. The SMILES string of the molecule is CC1CC2(O)CCCC(C2)C1(O)CN. The summed E-state index contributed by atoms with van der Waals surface area (Å²) < 4.78 is 0. The zero-order valence-corrected chi connectivity index (χ0v) is 8.87. The Kier molecular flexibility index (Phi) is 2.37. The summed E-state index contributed by atoms with van der Waals surface area (Å²) in [7, 11) is 0. The maximum atomic E-state index is 10.4. The average molecular weight is 199 g/mol. The molecule has 0 saturated heterocycles. The fraction of sp³-hybridized carbons (Fsp3) is 1.00. The molecule has 0 radical (unpaired) electrons. The van der Waals surface area contributed by atoms with Crippen molar-refractivity contribution < 1.29 is 10.2 Å². The van der Waals surface area contributed by atoms with E-state index in [1.807, 2.05) is 6.92 Å².